The largest absolute Gasteiger partial charge is 0.282 e. The number of anilines is 1. The molecule has 0 aliphatic carbocycles. The van der Waals surface area contributed by atoms with Crippen molar-refractivity contribution in [1.29, 1.82) is 0 Å². The van der Waals surface area contributed by atoms with Crippen molar-refractivity contribution in [3.05, 3.63) is 70.8 Å². The van der Waals surface area contributed by atoms with Gasteiger partial charge in [-0.05, 0) is 48.0 Å². The first-order valence-corrected chi connectivity index (χ1v) is 13.7. The van der Waals surface area contributed by atoms with Gasteiger partial charge in [-0.15, -0.1) is 11.3 Å². The molecule has 0 atom stereocenters. The molecule has 6 nitrogen and oxygen atoms in total. The normalized spacial score (nSPS) is 12.2. The number of benzene rings is 2. The average molecular weight is 513 g/mol. The first kappa shape index (κ1) is 22.0. The van der Waals surface area contributed by atoms with Gasteiger partial charge in [0.25, 0.3) is 0 Å². The summed E-state index contributed by atoms with van der Waals surface area (Å²) in [7, 11) is -7.44. The highest BCUT2D eigenvalue weighted by Gasteiger charge is 2.27. The van der Waals surface area contributed by atoms with Gasteiger partial charge in [-0.25, -0.2) is 21.8 Å². The number of sulfonamides is 1. The minimum absolute atomic E-state index is 0.0909. The Labute approximate surface area is 193 Å². The molecule has 0 saturated carbocycles. The summed E-state index contributed by atoms with van der Waals surface area (Å²) in [5.74, 6) is 0. The Bertz CT molecular complexity index is 1500. The summed E-state index contributed by atoms with van der Waals surface area (Å²) in [5.41, 5.74) is 1.27. The molecule has 2 aromatic heterocycles. The van der Waals surface area contributed by atoms with Crippen LogP contribution in [-0.4, -0.2) is 28.1 Å². The van der Waals surface area contributed by atoms with Crippen LogP contribution in [0.2, 0.25) is 10.0 Å². The number of rotatable bonds is 5. The molecule has 31 heavy (non-hydrogen) atoms. The fourth-order valence-electron chi connectivity index (χ4n) is 3.03. The first-order valence-electron chi connectivity index (χ1n) is 8.71. The zero-order chi connectivity index (χ0) is 22.4. The van der Waals surface area contributed by atoms with Crippen LogP contribution in [0.3, 0.4) is 0 Å². The predicted molar refractivity (Wildman–Crippen MR) is 125 cm³/mol. The first-order chi connectivity index (χ1) is 14.5. The van der Waals surface area contributed by atoms with Crippen LogP contribution in [0.15, 0.2) is 69.9 Å². The van der Waals surface area contributed by atoms with Crippen molar-refractivity contribution >= 4 is 70.3 Å². The second kappa shape index (κ2) is 8.07. The number of pyridine rings is 1. The molecule has 0 aliphatic rings. The van der Waals surface area contributed by atoms with Gasteiger partial charge in [-0.2, -0.15) is 0 Å². The van der Waals surface area contributed by atoms with E-state index in [1.807, 2.05) is 0 Å². The zero-order valence-electron chi connectivity index (χ0n) is 15.8. The number of nitrogens with one attached hydrogen (secondary N) is 1. The third-order valence-electron chi connectivity index (χ3n) is 4.32. The molecule has 0 aliphatic heterocycles. The third kappa shape index (κ3) is 4.56. The molecule has 0 saturated heterocycles. The van der Waals surface area contributed by atoms with E-state index in [4.69, 9.17) is 23.2 Å². The van der Waals surface area contributed by atoms with Crippen LogP contribution in [0.5, 0.6) is 0 Å². The van der Waals surface area contributed by atoms with Gasteiger partial charge < -0.3 is 0 Å². The summed E-state index contributed by atoms with van der Waals surface area (Å²) in [6, 6.07) is 14.2. The van der Waals surface area contributed by atoms with Crippen LogP contribution < -0.4 is 4.72 Å². The van der Waals surface area contributed by atoms with E-state index in [-0.39, 0.29) is 14.8 Å². The SMILES string of the molecule is CS(=O)(=O)Nc1cnc2sc(S(=O)(=O)c3ccc(Cl)cc3)c(-c3ccc(Cl)cc3)c2c1. The number of fused-ring (bicyclic) bond motifs is 1. The second-order valence-electron chi connectivity index (χ2n) is 6.68. The van der Waals surface area contributed by atoms with E-state index >= 15 is 0 Å². The monoisotopic (exact) mass is 512 g/mol. The van der Waals surface area contributed by atoms with Gasteiger partial charge in [0.2, 0.25) is 19.9 Å². The molecule has 1 N–H and O–H groups in total. The topological polar surface area (TPSA) is 93.2 Å². The van der Waals surface area contributed by atoms with Crippen molar-refractivity contribution < 1.29 is 16.8 Å². The smallest absolute Gasteiger partial charge is 0.229 e. The van der Waals surface area contributed by atoms with E-state index in [0.29, 0.717) is 31.4 Å². The molecular weight excluding hydrogens is 499 g/mol. The molecule has 0 bridgehead atoms. The third-order valence-corrected chi connectivity index (χ3v) is 8.83. The minimum atomic E-state index is -3.91. The molecule has 4 aromatic rings. The molecule has 0 unspecified atom stereocenters. The van der Waals surface area contributed by atoms with E-state index in [1.165, 1.54) is 30.5 Å². The number of halogens is 2. The van der Waals surface area contributed by atoms with Crippen LogP contribution in [0.4, 0.5) is 5.69 Å². The fourth-order valence-corrected chi connectivity index (χ4v) is 6.87. The summed E-state index contributed by atoms with van der Waals surface area (Å²) < 4.78 is 52.7. The molecule has 0 radical (unpaired) electrons. The summed E-state index contributed by atoms with van der Waals surface area (Å²) >= 11 is 12.9. The molecule has 0 fully saturated rings. The van der Waals surface area contributed by atoms with Gasteiger partial charge in [0.1, 0.15) is 9.04 Å². The Hall–Kier alpha value is -2.17. The van der Waals surface area contributed by atoms with Crippen LogP contribution in [0.1, 0.15) is 0 Å². The number of sulfone groups is 1. The lowest BCUT2D eigenvalue weighted by Gasteiger charge is -2.08. The summed E-state index contributed by atoms with van der Waals surface area (Å²) in [6.07, 6.45) is 2.38. The quantitative estimate of drug-likeness (QED) is 0.382. The minimum Gasteiger partial charge on any atom is -0.282 e. The molecule has 2 heterocycles. The lowest BCUT2D eigenvalue weighted by molar-refractivity contribution is 0.598. The van der Waals surface area contributed by atoms with E-state index in [0.717, 1.165) is 17.6 Å². The Morgan fingerprint density at radius 1 is 0.903 bits per heavy atom. The average Bonchev–Trinajstić information content (AvgIpc) is 3.07. The maximum atomic E-state index is 13.5. The predicted octanol–water partition coefficient (Wildman–Crippen LogP) is 5.47. The summed E-state index contributed by atoms with van der Waals surface area (Å²) in [4.78, 5) is 4.84. The number of aromatic nitrogens is 1. The van der Waals surface area contributed by atoms with Crippen molar-refractivity contribution in [2.24, 2.45) is 0 Å². The fraction of sp³-hybridized carbons (Fsp3) is 0.0500. The lowest BCUT2D eigenvalue weighted by Crippen LogP contribution is -2.09. The van der Waals surface area contributed by atoms with Crippen LogP contribution in [0, 0.1) is 0 Å². The zero-order valence-corrected chi connectivity index (χ0v) is 19.8. The molecular formula is C20H14Cl2N2O4S3. The van der Waals surface area contributed by atoms with Crippen LogP contribution in [0.25, 0.3) is 21.3 Å². The standard InChI is InChI=1S/C20H14Cl2N2O4S3/c1-30(25,26)24-15-10-17-18(12-2-4-13(21)5-3-12)20(29-19(17)23-11-15)31(27,28)16-8-6-14(22)7-9-16/h2-11,24H,1H3. The van der Waals surface area contributed by atoms with Crippen LogP contribution >= 0.6 is 34.5 Å². The Morgan fingerprint density at radius 2 is 1.48 bits per heavy atom. The summed E-state index contributed by atoms with van der Waals surface area (Å²) in [5, 5.41) is 1.43. The van der Waals surface area contributed by atoms with Gasteiger partial charge in [-0.3, -0.25) is 4.72 Å². The highest BCUT2D eigenvalue weighted by molar-refractivity contribution is 7.94. The van der Waals surface area contributed by atoms with E-state index < -0.39 is 19.9 Å². The lowest BCUT2D eigenvalue weighted by atomic mass is 10.1. The molecule has 2 aromatic carbocycles. The van der Waals surface area contributed by atoms with Crippen molar-refractivity contribution in [1.82, 2.24) is 4.98 Å². The van der Waals surface area contributed by atoms with Gasteiger partial charge in [-0.1, -0.05) is 35.3 Å². The van der Waals surface area contributed by atoms with Crippen molar-refractivity contribution in [3.63, 3.8) is 0 Å². The highest BCUT2D eigenvalue weighted by Crippen LogP contribution is 2.44. The highest BCUT2D eigenvalue weighted by atomic mass is 35.5. The van der Waals surface area contributed by atoms with Crippen LogP contribution in [-0.2, 0) is 19.9 Å². The second-order valence-corrected chi connectivity index (χ2v) is 12.4. The van der Waals surface area contributed by atoms with Crippen molar-refractivity contribution in [2.75, 3.05) is 11.0 Å². The van der Waals surface area contributed by atoms with Gasteiger partial charge in [0.05, 0.1) is 23.0 Å². The maximum Gasteiger partial charge on any atom is 0.229 e. The maximum absolute atomic E-state index is 13.5. The Kier molecular flexibility index (Phi) is 5.74. The van der Waals surface area contributed by atoms with E-state index in [2.05, 4.69) is 9.71 Å². The van der Waals surface area contributed by atoms with Crippen molar-refractivity contribution in [2.45, 2.75) is 9.10 Å². The number of thiophene rings is 1. The van der Waals surface area contributed by atoms with Gasteiger partial charge in [0, 0.05) is 21.0 Å². The number of nitrogens with zero attached hydrogens (tertiary/aromatic N) is 1. The molecule has 11 heteroatoms. The number of hydrogen-bond donors (Lipinski definition) is 1. The van der Waals surface area contributed by atoms with Crippen molar-refractivity contribution in [3.8, 4) is 11.1 Å². The molecule has 0 spiro atoms. The Morgan fingerprint density at radius 3 is 2.06 bits per heavy atom. The molecule has 4 rings (SSSR count). The van der Waals surface area contributed by atoms with Gasteiger partial charge >= 0.3 is 0 Å². The van der Waals surface area contributed by atoms with E-state index in [1.54, 1.807) is 30.3 Å². The Balaban J connectivity index is 2.01. The number of hydrogen-bond acceptors (Lipinski definition) is 6. The molecule has 0 amide bonds. The van der Waals surface area contributed by atoms with E-state index in [9.17, 15) is 16.8 Å². The molecule has 160 valence electrons. The van der Waals surface area contributed by atoms with Gasteiger partial charge in [0.15, 0.2) is 0 Å². The summed E-state index contributed by atoms with van der Waals surface area (Å²) in [6.45, 7) is 0.